The molecular formula is C18H14N4S. The van der Waals surface area contributed by atoms with E-state index in [-0.39, 0.29) is 0 Å². The van der Waals surface area contributed by atoms with Crippen molar-refractivity contribution in [1.82, 2.24) is 4.98 Å². The van der Waals surface area contributed by atoms with Gasteiger partial charge in [-0.25, -0.2) is 4.98 Å². The smallest absolute Gasteiger partial charge is 0.203 e. The predicted molar refractivity (Wildman–Crippen MR) is 94.7 cm³/mol. The summed E-state index contributed by atoms with van der Waals surface area (Å²) in [5.74, 6) is 0. The lowest BCUT2D eigenvalue weighted by Crippen LogP contribution is -1.91. The number of hydrogen-bond donors (Lipinski definition) is 1. The average molecular weight is 318 g/mol. The molecule has 0 saturated carbocycles. The molecule has 2 aromatic carbocycles. The molecule has 0 aliphatic carbocycles. The number of aromatic nitrogens is 1. The van der Waals surface area contributed by atoms with Gasteiger partial charge >= 0.3 is 0 Å². The molecular weight excluding hydrogens is 304 g/mol. The third kappa shape index (κ3) is 3.62. The van der Waals surface area contributed by atoms with Gasteiger partial charge in [-0.15, -0.1) is 11.3 Å². The molecule has 1 heterocycles. The molecule has 3 aromatic rings. The minimum absolute atomic E-state index is 0.665. The minimum Gasteiger partial charge on any atom is -0.253 e. The van der Waals surface area contributed by atoms with E-state index in [1.54, 1.807) is 6.21 Å². The SMILES string of the molecule is Cc1csc(NN=Cc2cccc(-c3ccccc3C#N)c2)n1. The summed E-state index contributed by atoms with van der Waals surface area (Å²) in [6, 6.07) is 17.7. The maximum Gasteiger partial charge on any atom is 0.203 e. The fraction of sp³-hybridized carbons (Fsp3) is 0.0556. The Balaban J connectivity index is 1.81. The summed E-state index contributed by atoms with van der Waals surface area (Å²) >= 11 is 1.52. The van der Waals surface area contributed by atoms with Gasteiger partial charge in [0.15, 0.2) is 0 Å². The van der Waals surface area contributed by atoms with Crippen LogP contribution in [-0.4, -0.2) is 11.2 Å². The van der Waals surface area contributed by atoms with E-state index in [4.69, 9.17) is 0 Å². The highest BCUT2D eigenvalue weighted by molar-refractivity contribution is 7.13. The molecule has 0 radical (unpaired) electrons. The first kappa shape index (κ1) is 14.9. The molecule has 0 unspecified atom stereocenters. The summed E-state index contributed by atoms with van der Waals surface area (Å²) in [5, 5.41) is 16.2. The second kappa shape index (κ2) is 6.86. The molecule has 3 rings (SSSR count). The van der Waals surface area contributed by atoms with Crippen molar-refractivity contribution < 1.29 is 0 Å². The Morgan fingerprint density at radius 3 is 2.87 bits per heavy atom. The van der Waals surface area contributed by atoms with Crippen LogP contribution in [0.4, 0.5) is 5.13 Å². The molecule has 1 aromatic heterocycles. The number of nitriles is 1. The van der Waals surface area contributed by atoms with Crippen LogP contribution in [0, 0.1) is 18.3 Å². The van der Waals surface area contributed by atoms with Crippen molar-refractivity contribution in [3.63, 3.8) is 0 Å². The van der Waals surface area contributed by atoms with Crippen LogP contribution < -0.4 is 5.43 Å². The fourth-order valence-electron chi connectivity index (χ4n) is 2.19. The maximum atomic E-state index is 9.23. The second-order valence-electron chi connectivity index (χ2n) is 4.95. The number of benzene rings is 2. The van der Waals surface area contributed by atoms with Crippen molar-refractivity contribution in [1.29, 1.82) is 5.26 Å². The topological polar surface area (TPSA) is 61.1 Å². The molecule has 0 fully saturated rings. The second-order valence-corrected chi connectivity index (χ2v) is 5.80. The molecule has 4 nitrogen and oxygen atoms in total. The van der Waals surface area contributed by atoms with Crippen LogP contribution >= 0.6 is 11.3 Å². The van der Waals surface area contributed by atoms with Crippen molar-refractivity contribution in [3.05, 3.63) is 70.7 Å². The summed E-state index contributed by atoms with van der Waals surface area (Å²) in [4.78, 5) is 4.29. The highest BCUT2D eigenvalue weighted by Gasteiger charge is 2.04. The van der Waals surface area contributed by atoms with Crippen molar-refractivity contribution >= 4 is 22.7 Å². The Kier molecular flexibility index (Phi) is 4.46. The first-order chi connectivity index (χ1) is 11.3. The third-order valence-corrected chi connectivity index (χ3v) is 4.10. The largest absolute Gasteiger partial charge is 0.253 e. The van der Waals surface area contributed by atoms with E-state index in [0.29, 0.717) is 5.56 Å². The van der Waals surface area contributed by atoms with Crippen molar-refractivity contribution in [2.75, 3.05) is 5.43 Å². The van der Waals surface area contributed by atoms with Crippen LogP contribution in [0.5, 0.6) is 0 Å². The zero-order valence-electron chi connectivity index (χ0n) is 12.5. The van der Waals surface area contributed by atoms with Gasteiger partial charge in [0.2, 0.25) is 5.13 Å². The van der Waals surface area contributed by atoms with Gasteiger partial charge in [0.1, 0.15) is 0 Å². The molecule has 5 heteroatoms. The molecule has 0 saturated heterocycles. The normalized spacial score (nSPS) is 10.6. The van der Waals surface area contributed by atoms with Gasteiger partial charge in [0.25, 0.3) is 0 Å². The minimum atomic E-state index is 0.665. The van der Waals surface area contributed by atoms with E-state index in [2.05, 4.69) is 21.6 Å². The Hall–Kier alpha value is -2.97. The fourth-order valence-corrected chi connectivity index (χ4v) is 2.82. The van der Waals surface area contributed by atoms with E-state index in [1.165, 1.54) is 11.3 Å². The van der Waals surface area contributed by atoms with E-state index in [0.717, 1.165) is 27.5 Å². The van der Waals surface area contributed by atoms with Gasteiger partial charge in [-0.2, -0.15) is 10.4 Å². The molecule has 0 aliphatic heterocycles. The molecule has 0 atom stereocenters. The molecule has 112 valence electrons. The van der Waals surface area contributed by atoms with E-state index in [9.17, 15) is 5.26 Å². The Bertz CT molecular complexity index is 890. The average Bonchev–Trinajstić information content (AvgIpc) is 3.00. The Morgan fingerprint density at radius 2 is 2.09 bits per heavy atom. The highest BCUT2D eigenvalue weighted by atomic mass is 32.1. The van der Waals surface area contributed by atoms with Gasteiger partial charge in [-0.3, -0.25) is 5.43 Å². The van der Waals surface area contributed by atoms with Gasteiger partial charge in [-0.1, -0.05) is 36.4 Å². The molecule has 0 bridgehead atoms. The number of rotatable bonds is 4. The third-order valence-electron chi connectivity index (χ3n) is 3.24. The standard InChI is InChI=1S/C18H14N4S/c1-13-12-23-18(21-13)22-20-11-14-5-4-7-15(9-14)17-8-3-2-6-16(17)10-19/h2-9,11-12H,1H3,(H,21,22). The zero-order chi connectivity index (χ0) is 16.1. The van der Waals surface area contributed by atoms with Crippen LogP contribution in [0.25, 0.3) is 11.1 Å². The molecule has 23 heavy (non-hydrogen) atoms. The number of anilines is 1. The summed E-state index contributed by atoms with van der Waals surface area (Å²) in [5.41, 5.74) is 7.44. The molecule has 1 N–H and O–H groups in total. The number of aryl methyl sites for hydroxylation is 1. The van der Waals surface area contributed by atoms with Gasteiger partial charge in [-0.05, 0) is 35.7 Å². The van der Waals surface area contributed by atoms with Crippen LogP contribution in [0.3, 0.4) is 0 Å². The van der Waals surface area contributed by atoms with Gasteiger partial charge in [0.05, 0.1) is 23.5 Å². The number of nitrogens with one attached hydrogen (secondary N) is 1. The summed E-state index contributed by atoms with van der Waals surface area (Å²) in [6.45, 7) is 1.95. The van der Waals surface area contributed by atoms with E-state index < -0.39 is 0 Å². The van der Waals surface area contributed by atoms with Crippen LogP contribution in [0.15, 0.2) is 59.0 Å². The lowest BCUT2D eigenvalue weighted by atomic mass is 9.99. The Morgan fingerprint density at radius 1 is 1.22 bits per heavy atom. The molecule has 0 spiro atoms. The van der Waals surface area contributed by atoms with Crippen molar-refractivity contribution in [2.45, 2.75) is 6.92 Å². The molecule has 0 amide bonds. The van der Waals surface area contributed by atoms with Gasteiger partial charge < -0.3 is 0 Å². The van der Waals surface area contributed by atoms with Gasteiger partial charge in [0, 0.05) is 5.38 Å². The van der Waals surface area contributed by atoms with Crippen molar-refractivity contribution in [3.8, 4) is 17.2 Å². The lowest BCUT2D eigenvalue weighted by Gasteiger charge is -2.04. The number of hydrazone groups is 1. The first-order valence-corrected chi connectivity index (χ1v) is 7.95. The number of thiazole rings is 1. The molecule has 0 aliphatic rings. The Labute approximate surface area is 138 Å². The highest BCUT2D eigenvalue weighted by Crippen LogP contribution is 2.23. The monoisotopic (exact) mass is 318 g/mol. The number of nitrogens with zero attached hydrogens (tertiary/aromatic N) is 3. The van der Waals surface area contributed by atoms with E-state index >= 15 is 0 Å². The maximum absolute atomic E-state index is 9.23. The quantitative estimate of drug-likeness (QED) is 0.571. The van der Waals surface area contributed by atoms with Crippen LogP contribution in [-0.2, 0) is 0 Å². The first-order valence-electron chi connectivity index (χ1n) is 7.07. The summed E-state index contributed by atoms with van der Waals surface area (Å²) < 4.78 is 0. The predicted octanol–water partition coefficient (Wildman–Crippen LogP) is 4.44. The van der Waals surface area contributed by atoms with Crippen LogP contribution in [0.2, 0.25) is 0 Å². The summed E-state index contributed by atoms with van der Waals surface area (Å²) in [7, 11) is 0. The van der Waals surface area contributed by atoms with Crippen LogP contribution in [0.1, 0.15) is 16.8 Å². The van der Waals surface area contributed by atoms with Crippen molar-refractivity contribution in [2.24, 2.45) is 5.10 Å². The zero-order valence-corrected chi connectivity index (χ0v) is 13.3. The number of hydrogen-bond acceptors (Lipinski definition) is 5. The lowest BCUT2D eigenvalue weighted by molar-refractivity contribution is 1.22. The summed E-state index contributed by atoms with van der Waals surface area (Å²) in [6.07, 6.45) is 1.75. The van der Waals surface area contributed by atoms with E-state index in [1.807, 2.05) is 60.8 Å².